The molecule has 1 aliphatic rings. The van der Waals surface area contributed by atoms with Gasteiger partial charge in [0.1, 0.15) is 23.1 Å². The van der Waals surface area contributed by atoms with E-state index >= 15 is 0 Å². The number of ether oxygens (including phenoxy) is 3. The van der Waals surface area contributed by atoms with Crippen molar-refractivity contribution in [1.82, 2.24) is 4.90 Å². The number of hydrogen-bond acceptors (Lipinski definition) is 7. The normalized spacial score (nSPS) is 13.3. The molecule has 0 fully saturated rings. The standard InChI is InChI=1S/C26H21NO7/c1-32-17-12-13-20(25(30)33-2)22(15-17)34-26(31)21(14-16-8-4-3-5-9-16)27-23(28)18-10-6-7-11-19(18)24(27)29/h3-13,15,21H,14H2,1-2H3/t21-/m1/s1. The fourth-order valence-electron chi connectivity index (χ4n) is 3.78. The summed E-state index contributed by atoms with van der Waals surface area (Å²) in [5, 5.41) is 0. The van der Waals surface area contributed by atoms with Gasteiger partial charge in [0.2, 0.25) is 0 Å². The molecule has 0 radical (unpaired) electrons. The van der Waals surface area contributed by atoms with E-state index in [9.17, 15) is 19.2 Å². The van der Waals surface area contributed by atoms with E-state index in [1.807, 2.05) is 6.07 Å². The molecule has 1 heterocycles. The lowest BCUT2D eigenvalue weighted by atomic mass is 10.0. The van der Waals surface area contributed by atoms with Crippen molar-refractivity contribution in [2.24, 2.45) is 0 Å². The average molecular weight is 459 g/mol. The van der Waals surface area contributed by atoms with Crippen molar-refractivity contribution < 1.29 is 33.4 Å². The molecular weight excluding hydrogens is 438 g/mol. The maximum atomic E-state index is 13.4. The highest BCUT2D eigenvalue weighted by Crippen LogP contribution is 2.29. The Balaban J connectivity index is 1.72. The summed E-state index contributed by atoms with van der Waals surface area (Å²) < 4.78 is 15.5. The van der Waals surface area contributed by atoms with Crippen molar-refractivity contribution in [1.29, 1.82) is 0 Å². The van der Waals surface area contributed by atoms with E-state index in [2.05, 4.69) is 0 Å². The van der Waals surface area contributed by atoms with Crippen LogP contribution in [-0.2, 0) is 16.0 Å². The van der Waals surface area contributed by atoms with Crippen LogP contribution >= 0.6 is 0 Å². The van der Waals surface area contributed by atoms with Crippen molar-refractivity contribution in [3.8, 4) is 11.5 Å². The molecule has 8 nitrogen and oxygen atoms in total. The fraction of sp³-hybridized carbons (Fsp3) is 0.154. The number of amides is 2. The maximum Gasteiger partial charge on any atom is 0.341 e. The molecule has 34 heavy (non-hydrogen) atoms. The van der Waals surface area contributed by atoms with Crippen molar-refractivity contribution in [3.63, 3.8) is 0 Å². The number of carbonyl (C=O) groups is 4. The number of methoxy groups -OCH3 is 2. The van der Waals surface area contributed by atoms with Crippen LogP contribution < -0.4 is 9.47 Å². The molecule has 0 N–H and O–H groups in total. The second-order valence-corrected chi connectivity index (χ2v) is 7.51. The monoisotopic (exact) mass is 459 g/mol. The second kappa shape index (κ2) is 9.58. The van der Waals surface area contributed by atoms with Crippen LogP contribution in [0.25, 0.3) is 0 Å². The first-order valence-corrected chi connectivity index (χ1v) is 10.4. The Labute approximate surface area is 195 Å². The molecule has 1 atom stereocenters. The largest absolute Gasteiger partial charge is 0.497 e. The lowest BCUT2D eigenvalue weighted by Gasteiger charge is -2.25. The van der Waals surface area contributed by atoms with Gasteiger partial charge in [0.05, 0.1) is 25.3 Å². The number of carbonyl (C=O) groups excluding carboxylic acids is 4. The third-order valence-electron chi connectivity index (χ3n) is 5.49. The van der Waals surface area contributed by atoms with Gasteiger partial charge in [0.25, 0.3) is 11.8 Å². The van der Waals surface area contributed by atoms with Gasteiger partial charge < -0.3 is 14.2 Å². The zero-order valence-corrected chi connectivity index (χ0v) is 18.5. The van der Waals surface area contributed by atoms with Crippen molar-refractivity contribution in [2.75, 3.05) is 14.2 Å². The molecule has 0 saturated heterocycles. The summed E-state index contributed by atoms with van der Waals surface area (Å²) in [4.78, 5) is 52.8. The predicted octanol–water partition coefficient (Wildman–Crippen LogP) is 3.29. The molecule has 0 aliphatic carbocycles. The minimum absolute atomic E-state index is 0.00234. The molecule has 8 heteroatoms. The molecule has 0 unspecified atom stereocenters. The number of nitrogens with zero attached hydrogens (tertiary/aromatic N) is 1. The molecule has 4 rings (SSSR count). The third-order valence-corrected chi connectivity index (χ3v) is 5.49. The van der Waals surface area contributed by atoms with Crippen LogP contribution in [0, 0.1) is 0 Å². The zero-order valence-electron chi connectivity index (χ0n) is 18.5. The van der Waals surface area contributed by atoms with E-state index in [0.717, 1.165) is 10.5 Å². The Bertz CT molecular complexity index is 1230. The third kappa shape index (κ3) is 4.25. The van der Waals surface area contributed by atoms with Gasteiger partial charge in [-0.15, -0.1) is 0 Å². The minimum atomic E-state index is -1.27. The smallest absolute Gasteiger partial charge is 0.341 e. The molecule has 3 aromatic rings. The fourth-order valence-corrected chi connectivity index (χ4v) is 3.78. The molecule has 3 aromatic carbocycles. The minimum Gasteiger partial charge on any atom is -0.497 e. The highest BCUT2D eigenvalue weighted by molar-refractivity contribution is 6.22. The van der Waals surface area contributed by atoms with Crippen molar-refractivity contribution in [3.05, 3.63) is 95.1 Å². The number of fused-ring (bicyclic) bond motifs is 1. The molecule has 0 saturated carbocycles. The Morgan fingerprint density at radius 3 is 2.06 bits per heavy atom. The predicted molar refractivity (Wildman–Crippen MR) is 121 cm³/mol. The van der Waals surface area contributed by atoms with Crippen LogP contribution in [-0.4, -0.2) is 48.9 Å². The summed E-state index contributed by atoms with van der Waals surface area (Å²) in [7, 11) is 2.63. The maximum absolute atomic E-state index is 13.4. The van der Waals surface area contributed by atoms with Crippen LogP contribution in [0.5, 0.6) is 11.5 Å². The first-order valence-electron chi connectivity index (χ1n) is 10.4. The van der Waals surface area contributed by atoms with Gasteiger partial charge in [-0.25, -0.2) is 9.59 Å². The number of rotatable bonds is 7. The van der Waals surface area contributed by atoms with Crippen LogP contribution in [0.2, 0.25) is 0 Å². The van der Waals surface area contributed by atoms with Gasteiger partial charge in [-0.1, -0.05) is 42.5 Å². The second-order valence-electron chi connectivity index (χ2n) is 7.51. The topological polar surface area (TPSA) is 99.2 Å². The van der Waals surface area contributed by atoms with E-state index in [0.29, 0.717) is 5.75 Å². The summed E-state index contributed by atoms with van der Waals surface area (Å²) in [6.45, 7) is 0. The van der Waals surface area contributed by atoms with Crippen LogP contribution in [0.4, 0.5) is 0 Å². The molecule has 0 bridgehead atoms. The Morgan fingerprint density at radius 2 is 1.47 bits per heavy atom. The molecule has 172 valence electrons. The number of imide groups is 1. The molecular formula is C26H21NO7. The van der Waals surface area contributed by atoms with Gasteiger partial charge in [0.15, 0.2) is 0 Å². The lowest BCUT2D eigenvalue weighted by molar-refractivity contribution is -0.138. The van der Waals surface area contributed by atoms with Crippen LogP contribution in [0.3, 0.4) is 0 Å². The number of esters is 2. The Hall–Kier alpha value is -4.46. The Morgan fingerprint density at radius 1 is 0.853 bits per heavy atom. The van der Waals surface area contributed by atoms with Gasteiger partial charge in [-0.2, -0.15) is 0 Å². The summed E-state index contributed by atoms with van der Waals surface area (Å²) in [5.41, 5.74) is 1.15. The van der Waals surface area contributed by atoms with E-state index in [4.69, 9.17) is 14.2 Å². The van der Waals surface area contributed by atoms with Crippen molar-refractivity contribution >= 4 is 23.8 Å². The molecule has 0 spiro atoms. The van der Waals surface area contributed by atoms with Crippen LogP contribution in [0.1, 0.15) is 36.6 Å². The molecule has 1 aliphatic heterocycles. The number of benzene rings is 3. The molecule has 0 aromatic heterocycles. The van der Waals surface area contributed by atoms with E-state index in [-0.39, 0.29) is 28.9 Å². The van der Waals surface area contributed by atoms with Gasteiger partial charge >= 0.3 is 11.9 Å². The zero-order chi connectivity index (χ0) is 24.2. The summed E-state index contributed by atoms with van der Waals surface area (Å²) in [6.07, 6.45) is 0.0304. The molecule has 2 amide bonds. The van der Waals surface area contributed by atoms with Crippen molar-refractivity contribution in [2.45, 2.75) is 12.5 Å². The first-order chi connectivity index (χ1) is 16.4. The summed E-state index contributed by atoms with van der Waals surface area (Å²) in [6, 6.07) is 18.4. The quantitative estimate of drug-likeness (QED) is 0.304. The number of hydrogen-bond donors (Lipinski definition) is 0. The van der Waals surface area contributed by atoms with E-state index in [1.54, 1.807) is 36.4 Å². The van der Waals surface area contributed by atoms with Gasteiger partial charge in [0, 0.05) is 12.5 Å². The van der Waals surface area contributed by atoms with Crippen LogP contribution in [0.15, 0.2) is 72.8 Å². The van der Waals surface area contributed by atoms with Gasteiger partial charge in [-0.05, 0) is 29.8 Å². The highest BCUT2D eigenvalue weighted by Gasteiger charge is 2.43. The summed E-state index contributed by atoms with van der Waals surface area (Å²) >= 11 is 0. The Kier molecular flexibility index (Phi) is 6.40. The first kappa shape index (κ1) is 22.7. The summed E-state index contributed by atoms with van der Waals surface area (Å²) in [5.74, 6) is -2.53. The SMILES string of the molecule is COC(=O)c1ccc(OC)cc1OC(=O)[C@@H](Cc1ccccc1)N1C(=O)c2ccccc2C1=O. The van der Waals surface area contributed by atoms with E-state index in [1.165, 1.54) is 44.6 Å². The van der Waals surface area contributed by atoms with Gasteiger partial charge in [-0.3, -0.25) is 14.5 Å². The average Bonchev–Trinajstić information content (AvgIpc) is 3.12. The highest BCUT2D eigenvalue weighted by atomic mass is 16.5. The van der Waals surface area contributed by atoms with E-state index < -0.39 is 29.8 Å². The lowest BCUT2D eigenvalue weighted by Crippen LogP contribution is -2.48.